The second-order valence-electron chi connectivity index (χ2n) is 2.29. The third kappa shape index (κ3) is 6.66. The van der Waals surface area contributed by atoms with Gasteiger partial charge in [0.15, 0.2) is 0 Å². The van der Waals surface area contributed by atoms with Gasteiger partial charge in [0.05, 0.1) is 0 Å². The van der Waals surface area contributed by atoms with Crippen LogP contribution in [0.2, 0.25) is 0 Å². The van der Waals surface area contributed by atoms with Gasteiger partial charge in [-0.2, -0.15) is 0 Å². The van der Waals surface area contributed by atoms with Crippen molar-refractivity contribution in [3.8, 4) is 0 Å². The molecule has 0 aliphatic rings. The van der Waals surface area contributed by atoms with Crippen LogP contribution < -0.4 is 0 Å². The summed E-state index contributed by atoms with van der Waals surface area (Å²) in [6, 6.07) is 0. The molecule has 0 aliphatic carbocycles. The summed E-state index contributed by atoms with van der Waals surface area (Å²) in [5, 5.41) is 8.64. The van der Waals surface area contributed by atoms with Gasteiger partial charge in [0.2, 0.25) is 0 Å². The number of aliphatic hydroxyl groups is 1. The molecule has 1 N–H and O–H groups in total. The van der Waals surface area contributed by atoms with Crippen molar-refractivity contribution in [2.24, 2.45) is 0 Å². The molecule has 62 valence electrons. The van der Waals surface area contributed by atoms with Crippen molar-refractivity contribution >= 4 is 23.2 Å². The van der Waals surface area contributed by atoms with Crippen LogP contribution in [0.3, 0.4) is 0 Å². The number of halogens is 2. The summed E-state index contributed by atoms with van der Waals surface area (Å²) in [5.74, 6) is 0.632. The standard InChI is InChI=1S/C7H14Cl2O/c8-5-4-7(9)3-1-2-6-10/h7,10H,1-6H2. The van der Waals surface area contributed by atoms with Crippen molar-refractivity contribution in [2.45, 2.75) is 31.1 Å². The van der Waals surface area contributed by atoms with Crippen LogP contribution in [0, 0.1) is 0 Å². The summed E-state index contributed by atoms with van der Waals surface area (Å²) in [4.78, 5) is 0. The monoisotopic (exact) mass is 184 g/mol. The van der Waals surface area contributed by atoms with Crippen molar-refractivity contribution in [3.63, 3.8) is 0 Å². The van der Waals surface area contributed by atoms with Crippen LogP contribution in [0.4, 0.5) is 0 Å². The summed E-state index contributed by atoms with van der Waals surface area (Å²) in [6.07, 6.45) is 3.69. The first-order chi connectivity index (χ1) is 4.81. The highest BCUT2D eigenvalue weighted by molar-refractivity contribution is 6.22. The normalized spacial score (nSPS) is 13.5. The zero-order valence-electron chi connectivity index (χ0n) is 6.02. The SMILES string of the molecule is OCCCCC(Cl)CCCl. The third-order valence-corrected chi connectivity index (χ3v) is 2.00. The summed E-state index contributed by atoms with van der Waals surface area (Å²) >= 11 is 11.3. The van der Waals surface area contributed by atoms with E-state index in [-0.39, 0.29) is 12.0 Å². The van der Waals surface area contributed by atoms with Gasteiger partial charge < -0.3 is 5.11 Å². The fourth-order valence-corrected chi connectivity index (χ4v) is 1.38. The second kappa shape index (κ2) is 7.64. The van der Waals surface area contributed by atoms with E-state index in [0.717, 1.165) is 25.7 Å². The van der Waals surface area contributed by atoms with E-state index in [4.69, 9.17) is 28.3 Å². The second-order valence-corrected chi connectivity index (χ2v) is 3.29. The third-order valence-electron chi connectivity index (χ3n) is 1.35. The lowest BCUT2D eigenvalue weighted by molar-refractivity contribution is 0.282. The molecular weight excluding hydrogens is 171 g/mol. The molecule has 1 unspecified atom stereocenters. The van der Waals surface area contributed by atoms with E-state index in [2.05, 4.69) is 0 Å². The molecule has 0 fully saturated rings. The predicted molar refractivity (Wildman–Crippen MR) is 45.9 cm³/mol. The van der Waals surface area contributed by atoms with Gasteiger partial charge in [0, 0.05) is 17.9 Å². The van der Waals surface area contributed by atoms with Gasteiger partial charge in [-0.25, -0.2) is 0 Å². The van der Waals surface area contributed by atoms with Gasteiger partial charge in [-0.05, 0) is 25.7 Å². The summed E-state index contributed by atoms with van der Waals surface area (Å²) in [7, 11) is 0. The topological polar surface area (TPSA) is 20.2 Å². The van der Waals surface area contributed by atoms with Gasteiger partial charge in [-0.1, -0.05) is 0 Å². The lowest BCUT2D eigenvalue weighted by Crippen LogP contribution is -1.99. The lowest BCUT2D eigenvalue weighted by atomic mass is 10.1. The number of aliphatic hydroxyl groups excluding tert-OH is 1. The van der Waals surface area contributed by atoms with Crippen LogP contribution in [-0.4, -0.2) is 23.0 Å². The van der Waals surface area contributed by atoms with E-state index in [1.807, 2.05) is 0 Å². The fourth-order valence-electron chi connectivity index (χ4n) is 0.740. The minimum absolute atomic E-state index is 0.198. The average molecular weight is 185 g/mol. The molecule has 1 nitrogen and oxygen atoms in total. The lowest BCUT2D eigenvalue weighted by Gasteiger charge is -2.04. The average Bonchev–Trinajstić information content (AvgIpc) is 1.89. The first-order valence-electron chi connectivity index (χ1n) is 3.62. The van der Waals surface area contributed by atoms with Gasteiger partial charge in [0.25, 0.3) is 0 Å². The Kier molecular flexibility index (Phi) is 8.06. The van der Waals surface area contributed by atoms with E-state index >= 15 is 0 Å². The number of alkyl halides is 2. The van der Waals surface area contributed by atoms with Gasteiger partial charge >= 0.3 is 0 Å². The van der Waals surface area contributed by atoms with Gasteiger partial charge in [0.1, 0.15) is 0 Å². The number of unbranched alkanes of at least 4 members (excludes halogenated alkanes) is 1. The summed E-state index contributed by atoms with van der Waals surface area (Å²) in [5.41, 5.74) is 0. The molecule has 0 aromatic carbocycles. The molecule has 0 spiro atoms. The Balaban J connectivity index is 2.97. The number of hydrogen-bond acceptors (Lipinski definition) is 1. The van der Waals surface area contributed by atoms with E-state index < -0.39 is 0 Å². The highest BCUT2D eigenvalue weighted by atomic mass is 35.5. The van der Waals surface area contributed by atoms with E-state index in [1.165, 1.54) is 0 Å². The number of hydrogen-bond donors (Lipinski definition) is 1. The van der Waals surface area contributed by atoms with Crippen molar-refractivity contribution in [2.75, 3.05) is 12.5 Å². The molecule has 0 heterocycles. The molecule has 0 bridgehead atoms. The first kappa shape index (κ1) is 10.5. The Labute approximate surface area is 72.3 Å². The molecule has 0 rings (SSSR count). The van der Waals surface area contributed by atoms with E-state index in [9.17, 15) is 0 Å². The van der Waals surface area contributed by atoms with Crippen molar-refractivity contribution < 1.29 is 5.11 Å². The zero-order valence-corrected chi connectivity index (χ0v) is 7.53. The van der Waals surface area contributed by atoms with Crippen LogP contribution >= 0.6 is 23.2 Å². The highest BCUT2D eigenvalue weighted by Gasteiger charge is 2.01. The quantitative estimate of drug-likeness (QED) is 0.497. The molecule has 0 radical (unpaired) electrons. The first-order valence-corrected chi connectivity index (χ1v) is 4.59. The van der Waals surface area contributed by atoms with Gasteiger partial charge in [-0.15, -0.1) is 23.2 Å². The van der Waals surface area contributed by atoms with Crippen LogP contribution in [0.5, 0.6) is 0 Å². The zero-order chi connectivity index (χ0) is 7.82. The smallest absolute Gasteiger partial charge is 0.0431 e. The fraction of sp³-hybridized carbons (Fsp3) is 1.00. The maximum Gasteiger partial charge on any atom is 0.0431 e. The van der Waals surface area contributed by atoms with Crippen molar-refractivity contribution in [1.29, 1.82) is 0 Å². The Morgan fingerprint density at radius 1 is 1.20 bits per heavy atom. The van der Waals surface area contributed by atoms with Gasteiger partial charge in [-0.3, -0.25) is 0 Å². The minimum atomic E-state index is 0.198. The maximum absolute atomic E-state index is 8.44. The predicted octanol–water partition coefficient (Wildman–Crippen LogP) is 2.39. The Bertz CT molecular complexity index is 68.6. The largest absolute Gasteiger partial charge is 0.396 e. The summed E-state index contributed by atoms with van der Waals surface area (Å²) < 4.78 is 0. The molecule has 0 aromatic heterocycles. The molecule has 0 saturated carbocycles. The molecule has 1 atom stereocenters. The van der Waals surface area contributed by atoms with E-state index in [0.29, 0.717) is 5.88 Å². The van der Waals surface area contributed by atoms with E-state index in [1.54, 1.807) is 0 Å². The highest BCUT2D eigenvalue weighted by Crippen LogP contribution is 2.11. The Morgan fingerprint density at radius 3 is 2.40 bits per heavy atom. The minimum Gasteiger partial charge on any atom is -0.396 e. The maximum atomic E-state index is 8.44. The van der Waals surface area contributed by atoms with Crippen LogP contribution in [0.1, 0.15) is 25.7 Å². The molecule has 10 heavy (non-hydrogen) atoms. The molecule has 0 aromatic rings. The van der Waals surface area contributed by atoms with Crippen LogP contribution in [0.15, 0.2) is 0 Å². The van der Waals surface area contributed by atoms with Crippen molar-refractivity contribution in [1.82, 2.24) is 0 Å². The Morgan fingerprint density at radius 2 is 1.90 bits per heavy atom. The van der Waals surface area contributed by atoms with Crippen molar-refractivity contribution in [3.05, 3.63) is 0 Å². The Hall–Kier alpha value is 0.540. The molecular formula is C7H14Cl2O. The van der Waals surface area contributed by atoms with Crippen LogP contribution in [0.25, 0.3) is 0 Å². The molecule has 0 saturated heterocycles. The number of rotatable bonds is 6. The van der Waals surface area contributed by atoms with Crippen LogP contribution in [-0.2, 0) is 0 Å². The molecule has 3 heteroatoms. The molecule has 0 aliphatic heterocycles. The molecule has 0 amide bonds. The summed E-state index contributed by atoms with van der Waals surface area (Å²) in [6.45, 7) is 0.268.